The van der Waals surface area contributed by atoms with Gasteiger partial charge >= 0.3 is 0 Å². The number of allylic oxidation sites excluding steroid dienone is 1. The number of benzene rings is 1. The van der Waals surface area contributed by atoms with Crippen molar-refractivity contribution in [1.29, 1.82) is 0 Å². The Morgan fingerprint density at radius 1 is 1.47 bits per heavy atom. The van der Waals surface area contributed by atoms with Gasteiger partial charge in [-0.15, -0.1) is 0 Å². The molecule has 0 spiro atoms. The highest BCUT2D eigenvalue weighted by atomic mass is 16.5. The van der Waals surface area contributed by atoms with Crippen LogP contribution in [0.2, 0.25) is 0 Å². The lowest BCUT2D eigenvalue weighted by Crippen LogP contribution is -2.32. The molecule has 2 nitrogen and oxygen atoms in total. The summed E-state index contributed by atoms with van der Waals surface area (Å²) in [5.41, 5.74) is 0.999. The molecular weight excluding hydrogens is 188 g/mol. The van der Waals surface area contributed by atoms with Crippen molar-refractivity contribution < 1.29 is 9.53 Å². The fourth-order valence-corrected chi connectivity index (χ4v) is 1.72. The molecule has 2 rings (SSSR count). The fraction of sp³-hybridized carbons (Fsp3) is 0.308. The van der Waals surface area contributed by atoms with Crippen LogP contribution in [0.15, 0.2) is 36.4 Å². The van der Waals surface area contributed by atoms with E-state index in [0.29, 0.717) is 12.8 Å². The smallest absolute Gasteiger partial charge is 0.178 e. The molecule has 1 heterocycles. The van der Waals surface area contributed by atoms with Gasteiger partial charge < -0.3 is 4.74 Å². The molecule has 1 aliphatic rings. The highest BCUT2D eigenvalue weighted by Crippen LogP contribution is 2.26. The molecule has 15 heavy (non-hydrogen) atoms. The SMILES string of the molecule is CC=CCC1Oc2ccccc2CC1=O. The number of carbonyl (C=O) groups is 1. The van der Waals surface area contributed by atoms with Crippen LogP contribution in [0.3, 0.4) is 0 Å². The number of Topliss-reactive ketones (excluding diaryl/α,β-unsaturated/α-hetero) is 1. The summed E-state index contributed by atoms with van der Waals surface area (Å²) in [6.07, 6.45) is 4.78. The molecule has 1 aromatic rings. The number of carbonyl (C=O) groups excluding carboxylic acids is 1. The third kappa shape index (κ3) is 2.09. The zero-order valence-electron chi connectivity index (χ0n) is 8.77. The van der Waals surface area contributed by atoms with Gasteiger partial charge in [0, 0.05) is 18.4 Å². The lowest BCUT2D eigenvalue weighted by Gasteiger charge is -2.23. The maximum atomic E-state index is 11.7. The molecule has 0 amide bonds. The van der Waals surface area contributed by atoms with Gasteiger partial charge in [0.25, 0.3) is 0 Å². The number of hydrogen-bond donors (Lipinski definition) is 0. The van der Waals surface area contributed by atoms with E-state index in [1.54, 1.807) is 0 Å². The van der Waals surface area contributed by atoms with Gasteiger partial charge in [-0.3, -0.25) is 4.79 Å². The molecule has 2 heteroatoms. The van der Waals surface area contributed by atoms with Gasteiger partial charge in [-0.25, -0.2) is 0 Å². The largest absolute Gasteiger partial charge is 0.482 e. The van der Waals surface area contributed by atoms with Crippen molar-refractivity contribution in [2.24, 2.45) is 0 Å². The lowest BCUT2D eigenvalue weighted by atomic mass is 9.99. The molecule has 1 atom stereocenters. The van der Waals surface area contributed by atoms with Crippen molar-refractivity contribution in [2.45, 2.75) is 25.9 Å². The van der Waals surface area contributed by atoms with Crippen molar-refractivity contribution in [3.8, 4) is 5.75 Å². The van der Waals surface area contributed by atoms with Crippen LogP contribution in [0.4, 0.5) is 0 Å². The average molecular weight is 202 g/mol. The average Bonchev–Trinajstić information content (AvgIpc) is 2.26. The van der Waals surface area contributed by atoms with E-state index in [0.717, 1.165) is 11.3 Å². The molecule has 1 aromatic carbocycles. The summed E-state index contributed by atoms with van der Waals surface area (Å²) in [4.78, 5) is 11.7. The van der Waals surface area contributed by atoms with E-state index in [-0.39, 0.29) is 11.9 Å². The quantitative estimate of drug-likeness (QED) is 0.689. The van der Waals surface area contributed by atoms with Gasteiger partial charge in [0.1, 0.15) is 5.75 Å². The van der Waals surface area contributed by atoms with Crippen LogP contribution < -0.4 is 4.74 Å². The predicted octanol–water partition coefficient (Wildman–Crippen LogP) is 2.53. The summed E-state index contributed by atoms with van der Waals surface area (Å²) in [6, 6.07) is 7.73. The van der Waals surface area contributed by atoms with Crippen molar-refractivity contribution in [2.75, 3.05) is 0 Å². The van der Waals surface area contributed by atoms with Gasteiger partial charge in [-0.05, 0) is 13.0 Å². The molecule has 78 valence electrons. The summed E-state index contributed by atoms with van der Waals surface area (Å²) in [7, 11) is 0. The first-order valence-corrected chi connectivity index (χ1v) is 5.19. The van der Waals surface area contributed by atoms with Crippen molar-refractivity contribution in [1.82, 2.24) is 0 Å². The van der Waals surface area contributed by atoms with Gasteiger partial charge in [-0.1, -0.05) is 30.4 Å². The Bertz CT molecular complexity index is 393. The zero-order chi connectivity index (χ0) is 10.7. The zero-order valence-corrected chi connectivity index (χ0v) is 8.77. The Balaban J connectivity index is 2.18. The van der Waals surface area contributed by atoms with E-state index < -0.39 is 0 Å². The van der Waals surface area contributed by atoms with E-state index in [1.807, 2.05) is 43.3 Å². The normalized spacial score (nSPS) is 20.1. The third-order valence-electron chi connectivity index (χ3n) is 2.55. The summed E-state index contributed by atoms with van der Waals surface area (Å²) >= 11 is 0. The monoisotopic (exact) mass is 202 g/mol. The third-order valence-corrected chi connectivity index (χ3v) is 2.55. The first-order valence-electron chi connectivity index (χ1n) is 5.19. The van der Waals surface area contributed by atoms with E-state index in [1.165, 1.54) is 0 Å². The second kappa shape index (κ2) is 4.30. The Morgan fingerprint density at radius 3 is 3.07 bits per heavy atom. The molecule has 1 aliphatic heterocycles. The van der Waals surface area contributed by atoms with Crippen LogP contribution in [0.25, 0.3) is 0 Å². The summed E-state index contributed by atoms with van der Waals surface area (Å²) < 4.78 is 5.65. The Morgan fingerprint density at radius 2 is 2.27 bits per heavy atom. The molecule has 0 aliphatic carbocycles. The van der Waals surface area contributed by atoms with Crippen LogP contribution in [0, 0.1) is 0 Å². The second-order valence-corrected chi connectivity index (χ2v) is 3.66. The van der Waals surface area contributed by atoms with E-state index >= 15 is 0 Å². The molecule has 0 saturated heterocycles. The number of ether oxygens (including phenoxy) is 1. The first-order chi connectivity index (χ1) is 7.31. The van der Waals surface area contributed by atoms with Crippen molar-refractivity contribution in [3.63, 3.8) is 0 Å². The van der Waals surface area contributed by atoms with Crippen LogP contribution >= 0.6 is 0 Å². The fourth-order valence-electron chi connectivity index (χ4n) is 1.72. The topological polar surface area (TPSA) is 26.3 Å². The predicted molar refractivity (Wildman–Crippen MR) is 59.0 cm³/mol. The number of rotatable bonds is 2. The van der Waals surface area contributed by atoms with Gasteiger partial charge in [0.15, 0.2) is 11.9 Å². The number of hydrogen-bond acceptors (Lipinski definition) is 2. The molecule has 0 N–H and O–H groups in total. The molecule has 1 unspecified atom stereocenters. The van der Waals surface area contributed by atoms with E-state index in [9.17, 15) is 4.79 Å². The molecular formula is C13H14O2. The minimum atomic E-state index is -0.295. The summed E-state index contributed by atoms with van der Waals surface area (Å²) in [5, 5.41) is 0. The maximum Gasteiger partial charge on any atom is 0.178 e. The molecule has 0 fully saturated rings. The molecule has 0 saturated carbocycles. The number of ketones is 1. The molecule has 0 bridgehead atoms. The van der Waals surface area contributed by atoms with E-state index in [2.05, 4.69) is 0 Å². The van der Waals surface area contributed by atoms with Crippen molar-refractivity contribution >= 4 is 5.78 Å². The Labute approximate surface area is 89.6 Å². The van der Waals surface area contributed by atoms with E-state index in [4.69, 9.17) is 4.74 Å². The van der Waals surface area contributed by atoms with Crippen LogP contribution in [0.5, 0.6) is 5.75 Å². The summed E-state index contributed by atoms with van der Waals surface area (Å²) in [6.45, 7) is 1.95. The van der Waals surface area contributed by atoms with Gasteiger partial charge in [0.05, 0.1) is 0 Å². The molecule has 0 radical (unpaired) electrons. The lowest BCUT2D eigenvalue weighted by molar-refractivity contribution is -0.126. The van der Waals surface area contributed by atoms with Gasteiger partial charge in [-0.2, -0.15) is 0 Å². The van der Waals surface area contributed by atoms with Crippen LogP contribution in [0.1, 0.15) is 18.9 Å². The highest BCUT2D eigenvalue weighted by molar-refractivity contribution is 5.87. The van der Waals surface area contributed by atoms with Crippen LogP contribution in [-0.2, 0) is 11.2 Å². The number of fused-ring (bicyclic) bond motifs is 1. The maximum absolute atomic E-state index is 11.7. The Kier molecular flexibility index (Phi) is 2.86. The number of para-hydroxylation sites is 1. The Hall–Kier alpha value is -1.57. The summed E-state index contributed by atoms with van der Waals surface area (Å²) in [5.74, 6) is 1.03. The minimum Gasteiger partial charge on any atom is -0.482 e. The van der Waals surface area contributed by atoms with Gasteiger partial charge in [0.2, 0.25) is 0 Å². The molecule has 0 aromatic heterocycles. The highest BCUT2D eigenvalue weighted by Gasteiger charge is 2.25. The minimum absolute atomic E-state index is 0.173. The van der Waals surface area contributed by atoms with Crippen LogP contribution in [-0.4, -0.2) is 11.9 Å². The second-order valence-electron chi connectivity index (χ2n) is 3.66. The van der Waals surface area contributed by atoms with Crippen molar-refractivity contribution in [3.05, 3.63) is 42.0 Å². The first kappa shape index (κ1) is 9.97. The standard InChI is InChI=1S/C13H14O2/c1-2-3-7-13-11(14)9-10-6-4-5-8-12(10)15-13/h2-6,8,13H,7,9H2,1H3.